The molecule has 0 bridgehead atoms. The largest absolute Gasteiger partial charge is 0.315 e. The van der Waals surface area contributed by atoms with Crippen LogP contribution in [0.5, 0.6) is 0 Å². The monoisotopic (exact) mass is 330 g/mol. The molecule has 0 saturated carbocycles. The number of nitrogens with zero attached hydrogens (tertiary/aromatic N) is 5. The van der Waals surface area contributed by atoms with Crippen LogP contribution in [0.4, 0.5) is 5.69 Å². The van der Waals surface area contributed by atoms with Crippen molar-refractivity contribution in [3.63, 3.8) is 0 Å². The summed E-state index contributed by atoms with van der Waals surface area (Å²) in [6.45, 7) is 3.55. The second kappa shape index (κ2) is 6.28. The number of benzene rings is 1. The quantitative estimate of drug-likeness (QED) is 0.667. The fourth-order valence-corrected chi connectivity index (χ4v) is 2.55. The number of rotatable bonds is 3. The number of hydroxylamine groups is 2. The lowest BCUT2D eigenvalue weighted by Crippen LogP contribution is -2.48. The Morgan fingerprint density at radius 2 is 2.12 bits per heavy atom. The van der Waals surface area contributed by atoms with Crippen LogP contribution < -0.4 is 10.2 Å². The molecule has 2 aliphatic rings. The second-order valence-corrected chi connectivity index (χ2v) is 5.40. The molecule has 0 aromatic heterocycles. The molecule has 2 heterocycles. The molecule has 126 valence electrons. The molecule has 0 spiro atoms. The Bertz CT molecular complexity index is 743. The van der Waals surface area contributed by atoms with Crippen LogP contribution in [0.25, 0.3) is 0 Å². The molecule has 1 atom stereocenters. The lowest BCUT2D eigenvalue weighted by molar-refractivity contribution is -0.432. The van der Waals surface area contributed by atoms with Crippen LogP contribution in [-0.4, -0.2) is 41.6 Å². The number of amidine groups is 1. The van der Waals surface area contributed by atoms with Crippen molar-refractivity contribution in [1.82, 2.24) is 10.4 Å². The standard InChI is InChI=1S/C15H18N6O3/c1-10-13(21(22)23)14(20-11(2)16-9-24-20)18-15(17-10)19(3)12-7-5-4-6-8-12/h4-8,10H,9H2,1-3H3,(H,17,18). The van der Waals surface area contributed by atoms with Gasteiger partial charge in [0.25, 0.3) is 0 Å². The predicted molar refractivity (Wildman–Crippen MR) is 89.8 cm³/mol. The highest BCUT2D eigenvalue weighted by Gasteiger charge is 2.37. The first-order chi connectivity index (χ1) is 11.5. The van der Waals surface area contributed by atoms with Gasteiger partial charge in [-0.05, 0) is 26.0 Å². The minimum atomic E-state index is -0.630. The number of nitrogens with one attached hydrogen (secondary N) is 1. The van der Waals surface area contributed by atoms with Gasteiger partial charge in [0.1, 0.15) is 11.9 Å². The molecule has 0 amide bonds. The summed E-state index contributed by atoms with van der Waals surface area (Å²) in [5.74, 6) is 1.28. The number of hydrogen-bond donors (Lipinski definition) is 1. The van der Waals surface area contributed by atoms with Gasteiger partial charge in [-0.2, -0.15) is 5.06 Å². The molecule has 1 aromatic carbocycles. The number of guanidine groups is 1. The lowest BCUT2D eigenvalue weighted by atomic mass is 10.2. The van der Waals surface area contributed by atoms with Crippen molar-refractivity contribution in [3.05, 3.63) is 52.0 Å². The first kappa shape index (κ1) is 15.9. The van der Waals surface area contributed by atoms with E-state index in [0.29, 0.717) is 11.8 Å². The van der Waals surface area contributed by atoms with Gasteiger partial charge in [0, 0.05) is 12.7 Å². The van der Waals surface area contributed by atoms with Crippen LogP contribution >= 0.6 is 0 Å². The van der Waals surface area contributed by atoms with E-state index in [1.807, 2.05) is 42.3 Å². The number of nitro groups is 1. The van der Waals surface area contributed by atoms with Crippen molar-refractivity contribution in [2.45, 2.75) is 19.9 Å². The van der Waals surface area contributed by atoms with E-state index in [-0.39, 0.29) is 18.2 Å². The minimum Gasteiger partial charge on any atom is -0.315 e. The molecular weight excluding hydrogens is 312 g/mol. The maximum absolute atomic E-state index is 11.5. The Morgan fingerprint density at radius 1 is 1.42 bits per heavy atom. The van der Waals surface area contributed by atoms with E-state index in [9.17, 15) is 10.1 Å². The number of aliphatic imine (C=N–C) groups is 2. The zero-order valence-electron chi connectivity index (χ0n) is 13.6. The molecule has 24 heavy (non-hydrogen) atoms. The van der Waals surface area contributed by atoms with E-state index in [0.717, 1.165) is 5.69 Å². The maximum Gasteiger partial charge on any atom is 0.313 e. The van der Waals surface area contributed by atoms with Gasteiger partial charge in [0.15, 0.2) is 6.73 Å². The van der Waals surface area contributed by atoms with Crippen molar-refractivity contribution in [2.75, 3.05) is 18.7 Å². The summed E-state index contributed by atoms with van der Waals surface area (Å²) >= 11 is 0. The summed E-state index contributed by atoms with van der Waals surface area (Å²) in [4.78, 5) is 26.8. The summed E-state index contributed by atoms with van der Waals surface area (Å²) < 4.78 is 0. The lowest BCUT2D eigenvalue weighted by Gasteiger charge is -2.30. The third kappa shape index (κ3) is 2.81. The Labute approximate surface area is 139 Å². The summed E-state index contributed by atoms with van der Waals surface area (Å²) in [7, 11) is 1.84. The van der Waals surface area contributed by atoms with Crippen molar-refractivity contribution >= 4 is 17.5 Å². The highest BCUT2D eigenvalue weighted by molar-refractivity contribution is 5.98. The number of anilines is 1. The van der Waals surface area contributed by atoms with E-state index in [4.69, 9.17) is 4.84 Å². The zero-order valence-corrected chi connectivity index (χ0v) is 13.6. The molecule has 1 unspecified atom stereocenters. The van der Waals surface area contributed by atoms with E-state index in [1.165, 1.54) is 5.06 Å². The summed E-state index contributed by atoms with van der Waals surface area (Å²) in [6, 6.07) is 8.98. The highest BCUT2D eigenvalue weighted by Crippen LogP contribution is 2.23. The molecule has 0 radical (unpaired) electrons. The van der Waals surface area contributed by atoms with Crippen molar-refractivity contribution < 1.29 is 9.76 Å². The Hall–Kier alpha value is -2.94. The fraction of sp³-hybridized carbons (Fsp3) is 0.333. The molecule has 9 heteroatoms. The summed E-state index contributed by atoms with van der Waals surface area (Å²) in [5.41, 5.74) is 0.851. The molecule has 3 rings (SSSR count). The summed E-state index contributed by atoms with van der Waals surface area (Å²) in [5, 5.41) is 15.9. The van der Waals surface area contributed by atoms with Crippen LogP contribution in [0.2, 0.25) is 0 Å². The molecule has 2 aliphatic heterocycles. The van der Waals surface area contributed by atoms with Gasteiger partial charge in [-0.1, -0.05) is 18.2 Å². The normalized spacial score (nSPS) is 20.5. The molecule has 0 saturated heterocycles. The average Bonchev–Trinajstić information content (AvgIpc) is 2.99. The fourth-order valence-electron chi connectivity index (χ4n) is 2.55. The predicted octanol–water partition coefficient (Wildman–Crippen LogP) is 1.54. The highest BCUT2D eigenvalue weighted by atomic mass is 16.7. The smallest absolute Gasteiger partial charge is 0.313 e. The molecular formula is C15H18N6O3. The maximum atomic E-state index is 11.5. The van der Waals surface area contributed by atoms with Crippen molar-refractivity contribution in [3.8, 4) is 0 Å². The van der Waals surface area contributed by atoms with Gasteiger partial charge in [-0.3, -0.25) is 10.1 Å². The van der Waals surface area contributed by atoms with Gasteiger partial charge < -0.3 is 10.2 Å². The molecule has 1 aromatic rings. The Balaban J connectivity index is 1.95. The van der Waals surface area contributed by atoms with Gasteiger partial charge in [-0.15, -0.1) is 0 Å². The first-order valence-electron chi connectivity index (χ1n) is 7.45. The van der Waals surface area contributed by atoms with Gasteiger partial charge in [-0.25, -0.2) is 14.8 Å². The molecule has 0 aliphatic carbocycles. The van der Waals surface area contributed by atoms with Crippen LogP contribution in [0, 0.1) is 10.1 Å². The Kier molecular flexibility index (Phi) is 4.17. The number of hydrogen-bond acceptors (Lipinski definition) is 8. The van der Waals surface area contributed by atoms with Crippen molar-refractivity contribution in [1.29, 1.82) is 0 Å². The molecule has 0 fully saturated rings. The van der Waals surface area contributed by atoms with E-state index in [2.05, 4.69) is 15.3 Å². The van der Waals surface area contributed by atoms with Crippen molar-refractivity contribution in [2.24, 2.45) is 9.98 Å². The van der Waals surface area contributed by atoms with E-state index >= 15 is 0 Å². The van der Waals surface area contributed by atoms with Crippen LogP contribution in [-0.2, 0) is 4.84 Å². The third-order valence-corrected chi connectivity index (χ3v) is 3.82. The minimum absolute atomic E-state index is 0.0586. The van der Waals surface area contributed by atoms with E-state index in [1.54, 1.807) is 13.8 Å². The third-order valence-electron chi connectivity index (χ3n) is 3.82. The average molecular weight is 330 g/mol. The van der Waals surface area contributed by atoms with Gasteiger partial charge in [0.2, 0.25) is 11.8 Å². The Morgan fingerprint density at radius 3 is 2.71 bits per heavy atom. The van der Waals surface area contributed by atoms with Gasteiger partial charge >= 0.3 is 5.70 Å². The SMILES string of the molecule is CC1=NCON1C1=C([N+](=O)[O-])C(C)N=C(N(C)c2ccccc2)N1. The second-order valence-electron chi connectivity index (χ2n) is 5.40. The van der Waals surface area contributed by atoms with Crippen LogP contribution in [0.15, 0.2) is 51.8 Å². The molecule has 9 nitrogen and oxygen atoms in total. The molecule has 1 N–H and O–H groups in total. The number of para-hydroxylation sites is 1. The van der Waals surface area contributed by atoms with Gasteiger partial charge in [0.05, 0.1) is 4.92 Å². The van der Waals surface area contributed by atoms with E-state index < -0.39 is 11.0 Å². The van der Waals surface area contributed by atoms with Crippen LogP contribution in [0.1, 0.15) is 13.8 Å². The summed E-state index contributed by atoms with van der Waals surface area (Å²) in [6.07, 6.45) is 0. The first-order valence-corrected chi connectivity index (χ1v) is 7.45. The van der Waals surface area contributed by atoms with Crippen LogP contribution in [0.3, 0.4) is 0 Å². The topological polar surface area (TPSA) is 95.6 Å². The zero-order chi connectivity index (χ0) is 17.3.